The molecule has 1 rings (SSSR count). The summed E-state index contributed by atoms with van der Waals surface area (Å²) in [6.45, 7) is 8.03. The third kappa shape index (κ3) is 3.28. The Kier molecular flexibility index (Phi) is 4.25. The Morgan fingerprint density at radius 3 is 2.24 bits per heavy atom. The molecule has 0 saturated carbocycles. The SMILES string of the molecule is C=C(F)C(=C)N=C(N(C)O)N1CC(N(C)C)C1. The first-order valence-electron chi connectivity index (χ1n) is 5.29. The fourth-order valence-electron chi connectivity index (χ4n) is 1.47. The zero-order valence-electron chi connectivity index (χ0n) is 10.5. The third-order valence-electron chi connectivity index (χ3n) is 2.71. The van der Waals surface area contributed by atoms with E-state index in [1.807, 2.05) is 19.0 Å². The molecular weight excluding hydrogens is 223 g/mol. The molecule has 0 aromatic heterocycles. The van der Waals surface area contributed by atoms with Gasteiger partial charge in [-0.3, -0.25) is 5.21 Å². The number of hydrogen-bond acceptors (Lipinski definition) is 3. The highest BCUT2D eigenvalue weighted by Crippen LogP contribution is 2.16. The van der Waals surface area contributed by atoms with Crippen molar-refractivity contribution in [1.82, 2.24) is 14.9 Å². The van der Waals surface area contributed by atoms with Crippen LogP contribution in [0.15, 0.2) is 29.7 Å². The zero-order valence-corrected chi connectivity index (χ0v) is 10.5. The van der Waals surface area contributed by atoms with Crippen molar-refractivity contribution in [2.75, 3.05) is 34.2 Å². The summed E-state index contributed by atoms with van der Waals surface area (Å²) in [5.74, 6) is -0.416. The number of hydrogen-bond donors (Lipinski definition) is 1. The number of allylic oxidation sites excluding steroid dienone is 1. The molecule has 0 aliphatic carbocycles. The largest absolute Gasteiger partial charge is 0.338 e. The number of hydroxylamine groups is 2. The van der Waals surface area contributed by atoms with Crippen LogP contribution in [0.2, 0.25) is 0 Å². The first-order valence-corrected chi connectivity index (χ1v) is 5.29. The summed E-state index contributed by atoms with van der Waals surface area (Å²) >= 11 is 0. The van der Waals surface area contributed by atoms with Crippen molar-refractivity contribution in [3.63, 3.8) is 0 Å². The van der Waals surface area contributed by atoms with E-state index >= 15 is 0 Å². The molecule has 0 unspecified atom stereocenters. The van der Waals surface area contributed by atoms with Crippen LogP contribution in [-0.4, -0.2) is 66.3 Å². The Hall–Kier alpha value is -1.40. The van der Waals surface area contributed by atoms with Crippen LogP contribution in [0.1, 0.15) is 0 Å². The van der Waals surface area contributed by atoms with Gasteiger partial charge in [0, 0.05) is 26.2 Å². The van der Waals surface area contributed by atoms with Crippen molar-refractivity contribution in [2.24, 2.45) is 4.99 Å². The van der Waals surface area contributed by atoms with Gasteiger partial charge in [-0.05, 0) is 14.1 Å². The number of rotatable bonds is 3. The van der Waals surface area contributed by atoms with Gasteiger partial charge in [-0.15, -0.1) is 0 Å². The summed E-state index contributed by atoms with van der Waals surface area (Å²) in [4.78, 5) is 7.86. The van der Waals surface area contributed by atoms with Crippen molar-refractivity contribution in [3.8, 4) is 0 Å². The summed E-state index contributed by atoms with van der Waals surface area (Å²) in [7, 11) is 5.42. The summed E-state index contributed by atoms with van der Waals surface area (Å²) in [5.41, 5.74) is -0.0748. The van der Waals surface area contributed by atoms with Gasteiger partial charge in [-0.25, -0.2) is 14.4 Å². The maximum atomic E-state index is 12.8. The Morgan fingerprint density at radius 2 is 1.88 bits per heavy atom. The van der Waals surface area contributed by atoms with Crippen molar-refractivity contribution in [1.29, 1.82) is 0 Å². The van der Waals surface area contributed by atoms with Gasteiger partial charge in [0.1, 0.15) is 5.83 Å². The molecule has 0 bridgehead atoms. The molecule has 0 radical (unpaired) electrons. The monoisotopic (exact) mass is 242 g/mol. The van der Waals surface area contributed by atoms with E-state index in [0.717, 1.165) is 18.2 Å². The van der Waals surface area contributed by atoms with E-state index in [0.29, 0.717) is 6.04 Å². The Morgan fingerprint density at radius 1 is 1.35 bits per heavy atom. The number of guanidine groups is 1. The molecule has 0 amide bonds. The second kappa shape index (κ2) is 5.29. The number of nitrogens with zero attached hydrogens (tertiary/aromatic N) is 4. The van der Waals surface area contributed by atoms with Crippen molar-refractivity contribution in [3.05, 3.63) is 24.7 Å². The Labute approximate surface area is 101 Å². The molecule has 1 saturated heterocycles. The minimum atomic E-state index is -0.700. The van der Waals surface area contributed by atoms with Crippen LogP contribution < -0.4 is 0 Å². The standard InChI is InChI=1S/C11H19FN4O/c1-8(12)9(2)13-11(15(5)17)16-6-10(7-16)14(3)4/h10,17H,1-2,6-7H2,3-5H3. The van der Waals surface area contributed by atoms with Crippen molar-refractivity contribution < 1.29 is 9.60 Å². The fraction of sp³-hybridized carbons (Fsp3) is 0.545. The predicted octanol–water partition coefficient (Wildman–Crippen LogP) is 0.906. The van der Waals surface area contributed by atoms with Crippen LogP contribution in [0.25, 0.3) is 0 Å². The van der Waals surface area contributed by atoms with Crippen LogP contribution in [-0.2, 0) is 0 Å². The van der Waals surface area contributed by atoms with E-state index < -0.39 is 5.83 Å². The third-order valence-corrected chi connectivity index (χ3v) is 2.71. The van der Waals surface area contributed by atoms with E-state index in [1.54, 1.807) is 0 Å². The van der Waals surface area contributed by atoms with E-state index in [1.165, 1.54) is 7.05 Å². The number of aliphatic imine (C=N–C) groups is 1. The lowest BCUT2D eigenvalue weighted by Crippen LogP contribution is -2.61. The smallest absolute Gasteiger partial charge is 0.226 e. The highest BCUT2D eigenvalue weighted by Gasteiger charge is 2.32. The van der Waals surface area contributed by atoms with Gasteiger partial charge in [-0.2, -0.15) is 0 Å². The first-order chi connectivity index (χ1) is 7.82. The van der Waals surface area contributed by atoms with E-state index in [-0.39, 0.29) is 11.7 Å². The van der Waals surface area contributed by atoms with Crippen molar-refractivity contribution in [2.45, 2.75) is 6.04 Å². The van der Waals surface area contributed by atoms with E-state index in [2.05, 4.69) is 23.1 Å². The maximum Gasteiger partial charge on any atom is 0.226 e. The average Bonchev–Trinajstić information content (AvgIpc) is 2.12. The molecule has 1 heterocycles. The average molecular weight is 242 g/mol. The minimum absolute atomic E-state index is 0.0748. The Bertz CT molecular complexity index is 345. The molecule has 6 heteroatoms. The van der Waals surface area contributed by atoms with Crippen LogP contribution in [0.4, 0.5) is 4.39 Å². The number of likely N-dealkylation sites (tertiary alicyclic amines) is 1. The molecule has 1 fully saturated rings. The topological polar surface area (TPSA) is 42.3 Å². The second-order valence-electron chi connectivity index (χ2n) is 4.31. The van der Waals surface area contributed by atoms with Gasteiger partial charge in [0.2, 0.25) is 5.96 Å². The molecule has 17 heavy (non-hydrogen) atoms. The van der Waals surface area contributed by atoms with Crippen LogP contribution in [0.5, 0.6) is 0 Å². The van der Waals surface area contributed by atoms with Crippen LogP contribution >= 0.6 is 0 Å². The maximum absolute atomic E-state index is 12.8. The quantitative estimate of drug-likeness (QED) is 0.346. The van der Waals surface area contributed by atoms with E-state index in [4.69, 9.17) is 0 Å². The van der Waals surface area contributed by atoms with Gasteiger partial charge in [0.05, 0.1) is 5.70 Å². The molecule has 1 N–H and O–H groups in total. The predicted molar refractivity (Wildman–Crippen MR) is 65.4 cm³/mol. The van der Waals surface area contributed by atoms with Gasteiger partial charge in [0.15, 0.2) is 0 Å². The minimum Gasteiger partial charge on any atom is -0.338 e. The van der Waals surface area contributed by atoms with Crippen LogP contribution in [0.3, 0.4) is 0 Å². The fourth-order valence-corrected chi connectivity index (χ4v) is 1.47. The molecule has 1 aliphatic rings. The Balaban J connectivity index is 2.70. The first kappa shape index (κ1) is 13.7. The summed E-state index contributed by atoms with van der Waals surface area (Å²) in [6, 6.07) is 0.419. The van der Waals surface area contributed by atoms with Gasteiger partial charge in [-0.1, -0.05) is 13.2 Å². The lowest BCUT2D eigenvalue weighted by Gasteiger charge is -2.45. The molecule has 0 spiro atoms. The normalized spacial score (nSPS) is 17.1. The van der Waals surface area contributed by atoms with Gasteiger partial charge in [0.25, 0.3) is 0 Å². The zero-order chi connectivity index (χ0) is 13.2. The molecular formula is C11H19FN4O. The van der Waals surface area contributed by atoms with Gasteiger partial charge < -0.3 is 9.80 Å². The highest BCUT2D eigenvalue weighted by molar-refractivity contribution is 5.81. The highest BCUT2D eigenvalue weighted by atomic mass is 19.1. The lowest BCUT2D eigenvalue weighted by molar-refractivity contribution is -0.0151. The molecule has 96 valence electrons. The van der Waals surface area contributed by atoms with Crippen LogP contribution in [0, 0.1) is 0 Å². The summed E-state index contributed by atoms with van der Waals surface area (Å²) < 4.78 is 12.8. The molecule has 0 aromatic carbocycles. The van der Waals surface area contributed by atoms with E-state index in [9.17, 15) is 9.60 Å². The molecule has 1 aliphatic heterocycles. The van der Waals surface area contributed by atoms with Crippen molar-refractivity contribution >= 4 is 5.96 Å². The number of halogens is 1. The van der Waals surface area contributed by atoms with Gasteiger partial charge >= 0.3 is 0 Å². The molecule has 0 aromatic rings. The second-order valence-corrected chi connectivity index (χ2v) is 4.31. The number of likely N-dealkylation sites (N-methyl/N-ethyl adjacent to an activating group) is 1. The molecule has 0 atom stereocenters. The lowest BCUT2D eigenvalue weighted by atomic mass is 10.1. The summed E-state index contributed by atoms with van der Waals surface area (Å²) in [5, 5.41) is 10.3. The summed E-state index contributed by atoms with van der Waals surface area (Å²) in [6.07, 6.45) is 0. The molecule has 5 nitrogen and oxygen atoms in total.